The summed E-state index contributed by atoms with van der Waals surface area (Å²) < 4.78 is 6.14. The second-order valence-electron chi connectivity index (χ2n) is 6.88. The summed E-state index contributed by atoms with van der Waals surface area (Å²) in [5.41, 5.74) is 1.95. The zero-order valence-electron chi connectivity index (χ0n) is 13.8. The van der Waals surface area contributed by atoms with Gasteiger partial charge in [0.15, 0.2) is 0 Å². The molecule has 1 aromatic carbocycles. The van der Waals surface area contributed by atoms with E-state index in [2.05, 4.69) is 20.0 Å². The zero-order valence-corrected chi connectivity index (χ0v) is 14.6. The van der Waals surface area contributed by atoms with Gasteiger partial charge in [0, 0.05) is 42.3 Å². The van der Waals surface area contributed by atoms with Gasteiger partial charge in [0.1, 0.15) is 6.23 Å². The summed E-state index contributed by atoms with van der Waals surface area (Å²) in [7, 11) is 0. The summed E-state index contributed by atoms with van der Waals surface area (Å²) in [5.74, 6) is 0. The number of halogens is 1. The van der Waals surface area contributed by atoms with Gasteiger partial charge in [0.05, 0.1) is 23.9 Å². The van der Waals surface area contributed by atoms with Gasteiger partial charge in [-0.15, -0.1) is 0 Å². The molecular weight excluding hydrogens is 328 g/mol. The van der Waals surface area contributed by atoms with Crippen LogP contribution in [0.25, 0.3) is 10.9 Å². The van der Waals surface area contributed by atoms with E-state index in [4.69, 9.17) is 16.3 Å². The number of nitrogens with zero attached hydrogens (tertiary/aromatic N) is 3. The van der Waals surface area contributed by atoms with Crippen LogP contribution in [0.2, 0.25) is 5.02 Å². The van der Waals surface area contributed by atoms with Gasteiger partial charge in [0.2, 0.25) is 0 Å². The minimum Gasteiger partial charge on any atom is -0.379 e. The lowest BCUT2D eigenvalue weighted by atomic mass is 9.89. The molecule has 2 N–H and O–H groups in total. The third-order valence-electron chi connectivity index (χ3n) is 5.32. The first-order valence-corrected chi connectivity index (χ1v) is 8.88. The fraction of sp³-hybridized carbons (Fsp3) is 0.588. The number of piperidine rings is 1. The number of morpholine rings is 1. The van der Waals surface area contributed by atoms with Crippen molar-refractivity contribution in [2.75, 3.05) is 37.7 Å². The summed E-state index contributed by atoms with van der Waals surface area (Å²) in [4.78, 5) is 4.46. The van der Waals surface area contributed by atoms with Crippen molar-refractivity contribution < 1.29 is 9.84 Å². The number of hydrogen-bond donors (Lipinski definition) is 2. The molecule has 2 saturated heterocycles. The number of aromatic amines is 1. The van der Waals surface area contributed by atoms with Gasteiger partial charge < -0.3 is 14.7 Å². The number of hydrogen-bond acceptors (Lipinski definition) is 5. The Balaban J connectivity index is 1.52. The number of aromatic nitrogens is 2. The number of ether oxygens (including phenoxy) is 1. The van der Waals surface area contributed by atoms with E-state index >= 15 is 0 Å². The highest BCUT2D eigenvalue weighted by atomic mass is 35.5. The van der Waals surface area contributed by atoms with E-state index in [9.17, 15) is 5.11 Å². The highest BCUT2D eigenvalue weighted by molar-refractivity contribution is 6.31. The average molecular weight is 351 g/mol. The molecule has 0 radical (unpaired) electrons. The Morgan fingerprint density at radius 1 is 1.33 bits per heavy atom. The number of benzene rings is 1. The van der Waals surface area contributed by atoms with Crippen LogP contribution < -0.4 is 4.90 Å². The summed E-state index contributed by atoms with van der Waals surface area (Å²) in [6.45, 7) is 5.94. The van der Waals surface area contributed by atoms with Crippen LogP contribution in [-0.2, 0) is 4.74 Å². The Bertz CT molecular complexity index is 724. The number of anilines is 1. The van der Waals surface area contributed by atoms with Crippen molar-refractivity contribution in [1.82, 2.24) is 15.1 Å². The lowest BCUT2D eigenvalue weighted by Crippen LogP contribution is -2.58. The van der Waals surface area contributed by atoms with Gasteiger partial charge in [-0.2, -0.15) is 5.10 Å². The molecule has 24 heavy (non-hydrogen) atoms. The highest BCUT2D eigenvalue weighted by Gasteiger charge is 2.40. The van der Waals surface area contributed by atoms with E-state index in [1.54, 1.807) is 0 Å². The van der Waals surface area contributed by atoms with Crippen molar-refractivity contribution in [3.63, 3.8) is 0 Å². The van der Waals surface area contributed by atoms with Crippen LogP contribution in [0.4, 0.5) is 5.69 Å². The lowest BCUT2D eigenvalue weighted by molar-refractivity contribution is -0.152. The average Bonchev–Trinajstić information content (AvgIpc) is 3.03. The molecule has 130 valence electrons. The van der Waals surface area contributed by atoms with E-state index in [1.165, 1.54) is 0 Å². The first-order valence-electron chi connectivity index (χ1n) is 8.50. The van der Waals surface area contributed by atoms with E-state index in [0.29, 0.717) is 6.61 Å². The predicted octanol–water partition coefficient (Wildman–Crippen LogP) is 2.23. The number of rotatable bonds is 2. The standard InChI is InChI=1S/C17H23ClN4O2/c1-12(23)22-6-7-24-17(11-22)2-4-21(5-3-17)16-9-13(18)8-15-14(16)10-19-20-15/h8-10,12,23H,2-7,11H2,1H3,(H,19,20). The number of aliphatic hydroxyl groups is 1. The lowest BCUT2D eigenvalue weighted by Gasteiger charge is -2.48. The molecule has 7 heteroatoms. The van der Waals surface area contributed by atoms with Gasteiger partial charge in [-0.05, 0) is 31.9 Å². The van der Waals surface area contributed by atoms with Gasteiger partial charge >= 0.3 is 0 Å². The van der Waals surface area contributed by atoms with E-state index in [0.717, 1.165) is 60.6 Å². The summed E-state index contributed by atoms with van der Waals surface area (Å²) in [6, 6.07) is 3.92. The van der Waals surface area contributed by atoms with Crippen molar-refractivity contribution >= 4 is 28.2 Å². The van der Waals surface area contributed by atoms with Crippen LogP contribution >= 0.6 is 11.6 Å². The van der Waals surface area contributed by atoms with Crippen LogP contribution in [0.5, 0.6) is 0 Å². The monoisotopic (exact) mass is 350 g/mol. The Kier molecular flexibility index (Phi) is 4.16. The largest absolute Gasteiger partial charge is 0.379 e. The third-order valence-corrected chi connectivity index (χ3v) is 5.54. The molecule has 1 spiro atoms. The van der Waals surface area contributed by atoms with E-state index < -0.39 is 6.23 Å². The van der Waals surface area contributed by atoms with Gasteiger partial charge in [-0.1, -0.05) is 11.6 Å². The van der Waals surface area contributed by atoms with Crippen molar-refractivity contribution in [3.8, 4) is 0 Å². The maximum Gasteiger partial charge on any atom is 0.104 e. The molecule has 1 aromatic heterocycles. The first kappa shape index (κ1) is 16.1. The Hall–Kier alpha value is -1.34. The second-order valence-corrected chi connectivity index (χ2v) is 7.31. The van der Waals surface area contributed by atoms with Crippen molar-refractivity contribution in [1.29, 1.82) is 0 Å². The van der Waals surface area contributed by atoms with Crippen LogP contribution in [0.1, 0.15) is 19.8 Å². The molecule has 2 fully saturated rings. The van der Waals surface area contributed by atoms with Crippen LogP contribution in [0, 0.1) is 0 Å². The molecule has 2 aliphatic heterocycles. The summed E-state index contributed by atoms with van der Waals surface area (Å²) in [5, 5.41) is 18.8. The Morgan fingerprint density at radius 2 is 2.12 bits per heavy atom. The van der Waals surface area contributed by atoms with Crippen molar-refractivity contribution in [2.24, 2.45) is 0 Å². The molecule has 3 heterocycles. The summed E-state index contributed by atoms with van der Waals surface area (Å²) in [6.07, 6.45) is 3.34. The third kappa shape index (κ3) is 2.88. The molecule has 6 nitrogen and oxygen atoms in total. The van der Waals surface area contributed by atoms with Crippen molar-refractivity contribution in [2.45, 2.75) is 31.6 Å². The van der Waals surface area contributed by atoms with E-state index in [-0.39, 0.29) is 5.60 Å². The van der Waals surface area contributed by atoms with Crippen LogP contribution in [0.3, 0.4) is 0 Å². The quantitative estimate of drug-likeness (QED) is 0.869. The molecule has 1 unspecified atom stereocenters. The molecule has 0 bridgehead atoms. The van der Waals surface area contributed by atoms with Crippen molar-refractivity contribution in [3.05, 3.63) is 23.4 Å². The SMILES string of the molecule is CC(O)N1CCOC2(CCN(c3cc(Cl)cc4[nH]ncc34)CC2)C1. The van der Waals surface area contributed by atoms with Crippen LogP contribution in [0.15, 0.2) is 18.3 Å². The Morgan fingerprint density at radius 3 is 2.88 bits per heavy atom. The molecule has 1 atom stereocenters. The number of nitrogens with one attached hydrogen (secondary N) is 1. The molecule has 2 aromatic rings. The molecule has 0 saturated carbocycles. The Labute approximate surface area is 146 Å². The molecule has 0 aliphatic carbocycles. The molecule has 0 amide bonds. The highest BCUT2D eigenvalue weighted by Crippen LogP contribution is 2.36. The maximum absolute atomic E-state index is 9.88. The second kappa shape index (κ2) is 6.19. The van der Waals surface area contributed by atoms with Gasteiger partial charge in [-0.25, -0.2) is 0 Å². The minimum absolute atomic E-state index is 0.139. The fourth-order valence-electron chi connectivity index (χ4n) is 3.91. The number of aliphatic hydroxyl groups excluding tert-OH is 1. The first-order chi connectivity index (χ1) is 11.6. The topological polar surface area (TPSA) is 64.6 Å². The summed E-state index contributed by atoms with van der Waals surface area (Å²) >= 11 is 6.26. The smallest absolute Gasteiger partial charge is 0.104 e. The zero-order chi connectivity index (χ0) is 16.7. The molecule has 4 rings (SSSR count). The number of H-pyrrole nitrogens is 1. The predicted molar refractivity (Wildman–Crippen MR) is 94.5 cm³/mol. The van der Waals surface area contributed by atoms with Gasteiger partial charge in [0.25, 0.3) is 0 Å². The van der Waals surface area contributed by atoms with E-state index in [1.807, 2.05) is 25.3 Å². The fourth-order valence-corrected chi connectivity index (χ4v) is 4.12. The molecular formula is C17H23ClN4O2. The minimum atomic E-state index is -0.415. The maximum atomic E-state index is 9.88. The van der Waals surface area contributed by atoms with Gasteiger partial charge in [-0.3, -0.25) is 10.00 Å². The normalized spacial score (nSPS) is 23.0. The number of fused-ring (bicyclic) bond motifs is 1. The molecule has 2 aliphatic rings. The van der Waals surface area contributed by atoms with Crippen LogP contribution in [-0.4, -0.2) is 64.8 Å².